The largest absolute Gasteiger partial charge is 0.383 e. The van der Waals surface area contributed by atoms with Crippen molar-refractivity contribution in [3.8, 4) is 0 Å². The highest BCUT2D eigenvalue weighted by Crippen LogP contribution is 2.08. The Morgan fingerprint density at radius 2 is 2.39 bits per heavy atom. The minimum atomic E-state index is 0.578. The summed E-state index contributed by atoms with van der Waals surface area (Å²) in [7, 11) is 1.69. The zero-order valence-corrected chi connectivity index (χ0v) is 10.4. The molecule has 2 heterocycles. The van der Waals surface area contributed by atoms with E-state index in [1.54, 1.807) is 17.7 Å². The maximum atomic E-state index is 10.8. The normalized spacial score (nSPS) is 10.9. The van der Waals surface area contributed by atoms with Crippen molar-refractivity contribution >= 4 is 11.9 Å². The molecule has 5 heteroatoms. The number of ether oxygens (including phenoxy) is 1. The van der Waals surface area contributed by atoms with Gasteiger partial charge < -0.3 is 10.1 Å². The van der Waals surface area contributed by atoms with E-state index in [2.05, 4.69) is 10.3 Å². The number of aromatic nitrogens is 2. The van der Waals surface area contributed by atoms with Crippen molar-refractivity contribution in [2.24, 2.45) is 0 Å². The van der Waals surface area contributed by atoms with E-state index in [4.69, 9.17) is 4.74 Å². The fraction of sp³-hybridized carbons (Fsp3) is 0.385. The topological polar surface area (TPSA) is 55.6 Å². The molecule has 18 heavy (non-hydrogen) atoms. The number of imidazole rings is 1. The predicted octanol–water partition coefficient (Wildman–Crippen LogP) is 0.925. The number of nitrogens with zero attached hydrogens (tertiary/aromatic N) is 2. The van der Waals surface area contributed by atoms with Crippen molar-refractivity contribution in [3.05, 3.63) is 35.8 Å². The third-order valence-electron chi connectivity index (χ3n) is 2.80. The van der Waals surface area contributed by atoms with Crippen LogP contribution >= 0.6 is 0 Å². The first-order valence-electron chi connectivity index (χ1n) is 5.96. The molecule has 0 saturated carbocycles. The van der Waals surface area contributed by atoms with Crippen LogP contribution in [0.2, 0.25) is 0 Å². The summed E-state index contributed by atoms with van der Waals surface area (Å²) in [5, 5.41) is 3.29. The number of fused-ring (bicyclic) bond motifs is 1. The highest BCUT2D eigenvalue weighted by Gasteiger charge is 2.02. The molecule has 0 saturated heterocycles. The Labute approximate surface area is 106 Å². The van der Waals surface area contributed by atoms with E-state index in [-0.39, 0.29) is 0 Å². The molecule has 5 nitrogen and oxygen atoms in total. The van der Waals surface area contributed by atoms with Crippen molar-refractivity contribution < 1.29 is 9.53 Å². The molecule has 0 atom stereocenters. The monoisotopic (exact) mass is 247 g/mol. The fourth-order valence-electron chi connectivity index (χ4n) is 1.82. The van der Waals surface area contributed by atoms with E-state index >= 15 is 0 Å². The lowest BCUT2D eigenvalue weighted by molar-refractivity contribution is 0.111. The summed E-state index contributed by atoms with van der Waals surface area (Å²) in [6, 6.07) is 4.02. The Bertz CT molecular complexity index is 522. The van der Waals surface area contributed by atoms with Crippen LogP contribution in [0.1, 0.15) is 16.1 Å². The highest BCUT2D eigenvalue weighted by molar-refractivity contribution is 5.73. The molecule has 0 aliphatic heterocycles. The average molecular weight is 247 g/mol. The van der Waals surface area contributed by atoms with Crippen molar-refractivity contribution in [2.45, 2.75) is 6.42 Å². The number of carbonyl (C=O) groups excluding carboxylic acids is 1. The van der Waals surface area contributed by atoms with Crippen LogP contribution in [0.5, 0.6) is 0 Å². The standard InChI is InChI=1S/C13H17N3O2/c1-18-7-5-14-4-2-11-3-6-16-12(10-17)9-15-13(16)8-11/h3,6,8-10,14H,2,4-5,7H2,1H3. The van der Waals surface area contributed by atoms with Gasteiger partial charge in [0.2, 0.25) is 0 Å². The minimum Gasteiger partial charge on any atom is -0.383 e. The Morgan fingerprint density at radius 1 is 1.50 bits per heavy atom. The first kappa shape index (κ1) is 12.7. The number of carbonyl (C=O) groups is 1. The molecule has 0 bridgehead atoms. The van der Waals surface area contributed by atoms with Crippen molar-refractivity contribution in [2.75, 3.05) is 26.8 Å². The lowest BCUT2D eigenvalue weighted by Gasteiger charge is -2.05. The molecule has 2 rings (SSSR count). The maximum Gasteiger partial charge on any atom is 0.168 e. The second kappa shape index (κ2) is 6.28. The Hall–Kier alpha value is -1.72. The van der Waals surface area contributed by atoms with Crippen molar-refractivity contribution in [1.82, 2.24) is 14.7 Å². The first-order chi connectivity index (χ1) is 8.85. The molecule has 2 aromatic rings. The fourth-order valence-corrected chi connectivity index (χ4v) is 1.82. The van der Waals surface area contributed by atoms with Crippen LogP contribution in [0.4, 0.5) is 0 Å². The van der Waals surface area contributed by atoms with Gasteiger partial charge in [0, 0.05) is 19.9 Å². The van der Waals surface area contributed by atoms with E-state index in [1.165, 1.54) is 5.56 Å². The summed E-state index contributed by atoms with van der Waals surface area (Å²) in [5.41, 5.74) is 2.59. The second-order valence-corrected chi connectivity index (χ2v) is 4.06. The molecule has 0 fully saturated rings. The third-order valence-corrected chi connectivity index (χ3v) is 2.80. The van der Waals surface area contributed by atoms with Crippen LogP contribution in [0.3, 0.4) is 0 Å². The van der Waals surface area contributed by atoms with Gasteiger partial charge in [-0.2, -0.15) is 0 Å². The number of nitrogens with one attached hydrogen (secondary N) is 1. The number of methoxy groups -OCH3 is 1. The molecule has 0 amide bonds. The maximum absolute atomic E-state index is 10.8. The summed E-state index contributed by atoms with van der Waals surface area (Å²) >= 11 is 0. The molecule has 1 N–H and O–H groups in total. The molecular formula is C13H17N3O2. The summed E-state index contributed by atoms with van der Waals surface area (Å²) in [6.45, 7) is 2.49. The summed E-state index contributed by atoms with van der Waals surface area (Å²) in [4.78, 5) is 15.0. The van der Waals surface area contributed by atoms with Gasteiger partial charge in [-0.15, -0.1) is 0 Å². The molecular weight excluding hydrogens is 230 g/mol. The van der Waals surface area contributed by atoms with E-state index < -0.39 is 0 Å². The molecule has 0 aliphatic carbocycles. The van der Waals surface area contributed by atoms with Crippen molar-refractivity contribution in [3.63, 3.8) is 0 Å². The third kappa shape index (κ3) is 2.94. The zero-order chi connectivity index (χ0) is 12.8. The quantitative estimate of drug-likeness (QED) is 0.584. The molecule has 0 unspecified atom stereocenters. The Kier molecular flexibility index (Phi) is 4.44. The average Bonchev–Trinajstić information content (AvgIpc) is 2.80. The summed E-state index contributed by atoms with van der Waals surface area (Å²) in [6.07, 6.45) is 5.22. The molecule has 0 aromatic carbocycles. The number of rotatable bonds is 7. The molecule has 0 aliphatic rings. The van der Waals surface area contributed by atoms with Gasteiger partial charge in [0.25, 0.3) is 0 Å². The van der Waals surface area contributed by atoms with Gasteiger partial charge in [-0.25, -0.2) is 4.98 Å². The van der Waals surface area contributed by atoms with Gasteiger partial charge in [0.1, 0.15) is 11.3 Å². The lowest BCUT2D eigenvalue weighted by atomic mass is 10.2. The van der Waals surface area contributed by atoms with E-state index in [9.17, 15) is 4.79 Å². The van der Waals surface area contributed by atoms with Gasteiger partial charge in [0.15, 0.2) is 6.29 Å². The molecule has 0 radical (unpaired) electrons. The minimum absolute atomic E-state index is 0.578. The zero-order valence-electron chi connectivity index (χ0n) is 10.4. The van der Waals surface area contributed by atoms with Crippen LogP contribution in [0.25, 0.3) is 5.65 Å². The summed E-state index contributed by atoms with van der Waals surface area (Å²) in [5.74, 6) is 0. The number of hydrogen-bond donors (Lipinski definition) is 1. The SMILES string of the molecule is COCCNCCc1ccn2c(C=O)cnc2c1. The lowest BCUT2D eigenvalue weighted by Crippen LogP contribution is -2.21. The predicted molar refractivity (Wildman–Crippen MR) is 69.0 cm³/mol. The summed E-state index contributed by atoms with van der Waals surface area (Å²) < 4.78 is 6.74. The number of aldehydes is 1. The van der Waals surface area contributed by atoms with Crippen LogP contribution in [0, 0.1) is 0 Å². The van der Waals surface area contributed by atoms with Crippen LogP contribution < -0.4 is 5.32 Å². The number of pyridine rings is 1. The smallest absolute Gasteiger partial charge is 0.168 e. The van der Waals surface area contributed by atoms with Crippen LogP contribution in [-0.4, -0.2) is 42.5 Å². The molecule has 0 spiro atoms. The molecule has 96 valence electrons. The van der Waals surface area contributed by atoms with Gasteiger partial charge in [-0.1, -0.05) is 0 Å². The van der Waals surface area contributed by atoms with E-state index in [0.29, 0.717) is 5.69 Å². The van der Waals surface area contributed by atoms with E-state index in [0.717, 1.165) is 38.1 Å². The van der Waals surface area contributed by atoms with E-state index in [1.807, 2.05) is 18.3 Å². The van der Waals surface area contributed by atoms with Crippen molar-refractivity contribution in [1.29, 1.82) is 0 Å². The Balaban J connectivity index is 1.96. The van der Waals surface area contributed by atoms with Gasteiger partial charge >= 0.3 is 0 Å². The van der Waals surface area contributed by atoms with Gasteiger partial charge in [-0.05, 0) is 30.7 Å². The van der Waals surface area contributed by atoms with Crippen LogP contribution in [-0.2, 0) is 11.2 Å². The number of hydrogen-bond acceptors (Lipinski definition) is 4. The second-order valence-electron chi connectivity index (χ2n) is 4.06. The molecule has 2 aromatic heterocycles. The van der Waals surface area contributed by atoms with Crippen LogP contribution in [0.15, 0.2) is 24.5 Å². The van der Waals surface area contributed by atoms with Gasteiger partial charge in [-0.3, -0.25) is 9.20 Å². The van der Waals surface area contributed by atoms with Gasteiger partial charge in [0.05, 0.1) is 12.8 Å². The Morgan fingerprint density at radius 3 is 3.17 bits per heavy atom. The first-order valence-corrected chi connectivity index (χ1v) is 5.96. The highest BCUT2D eigenvalue weighted by atomic mass is 16.5.